The average Bonchev–Trinajstić information content (AvgIpc) is 2.62. The zero-order chi connectivity index (χ0) is 16.1. The van der Waals surface area contributed by atoms with Gasteiger partial charge in [-0.1, -0.05) is 48.0 Å². The van der Waals surface area contributed by atoms with Crippen molar-refractivity contribution in [1.29, 1.82) is 0 Å². The van der Waals surface area contributed by atoms with Crippen LogP contribution in [0.15, 0.2) is 54.6 Å². The molecule has 0 spiro atoms. The Hall–Kier alpha value is -2.07. The molecule has 0 atom stereocenters. The van der Waals surface area contributed by atoms with Crippen molar-refractivity contribution in [3.8, 4) is 0 Å². The van der Waals surface area contributed by atoms with Crippen LogP contribution < -0.4 is 10.2 Å². The lowest BCUT2D eigenvalue weighted by Crippen LogP contribution is -2.51. The Bertz CT molecular complexity index is 631. The van der Waals surface area contributed by atoms with E-state index in [9.17, 15) is 0 Å². The fourth-order valence-corrected chi connectivity index (χ4v) is 3.06. The maximum Gasteiger partial charge on any atom is 0.169 e. The summed E-state index contributed by atoms with van der Waals surface area (Å²) >= 11 is 5.55. The summed E-state index contributed by atoms with van der Waals surface area (Å²) < 4.78 is 0. The smallest absolute Gasteiger partial charge is 0.169 e. The molecule has 1 N–H and O–H groups in total. The molecule has 2 aromatic rings. The van der Waals surface area contributed by atoms with E-state index < -0.39 is 0 Å². The molecule has 2 aromatic carbocycles. The Labute approximate surface area is 143 Å². The number of hydrogen-bond donors (Lipinski definition) is 1. The number of nitrogens with zero attached hydrogens (tertiary/aromatic N) is 2. The van der Waals surface area contributed by atoms with Crippen LogP contribution in [0, 0.1) is 6.92 Å². The van der Waals surface area contributed by atoms with E-state index in [1.165, 1.54) is 16.8 Å². The van der Waals surface area contributed by atoms with Gasteiger partial charge < -0.3 is 15.1 Å². The van der Waals surface area contributed by atoms with Gasteiger partial charge in [0.1, 0.15) is 0 Å². The van der Waals surface area contributed by atoms with Crippen LogP contribution in [-0.2, 0) is 6.54 Å². The molecule has 1 aliphatic heterocycles. The number of anilines is 1. The van der Waals surface area contributed by atoms with E-state index in [0.717, 1.165) is 37.8 Å². The molecule has 0 bridgehead atoms. The van der Waals surface area contributed by atoms with Gasteiger partial charge in [-0.25, -0.2) is 0 Å². The van der Waals surface area contributed by atoms with Gasteiger partial charge in [-0.15, -0.1) is 0 Å². The van der Waals surface area contributed by atoms with Gasteiger partial charge in [-0.3, -0.25) is 0 Å². The molecule has 4 heteroatoms. The first kappa shape index (κ1) is 15.8. The Morgan fingerprint density at radius 2 is 1.61 bits per heavy atom. The number of nitrogens with one attached hydrogen (secondary N) is 1. The van der Waals surface area contributed by atoms with Gasteiger partial charge in [0.2, 0.25) is 0 Å². The fourth-order valence-electron chi connectivity index (χ4n) is 2.80. The van der Waals surface area contributed by atoms with E-state index in [1.54, 1.807) is 0 Å². The first-order valence-corrected chi connectivity index (χ1v) is 8.51. The quantitative estimate of drug-likeness (QED) is 0.873. The monoisotopic (exact) mass is 325 g/mol. The molecule has 1 fully saturated rings. The van der Waals surface area contributed by atoms with Crippen molar-refractivity contribution in [2.75, 3.05) is 31.1 Å². The highest BCUT2D eigenvalue weighted by atomic mass is 32.1. The molecule has 3 nitrogen and oxygen atoms in total. The molecule has 0 amide bonds. The van der Waals surface area contributed by atoms with Crippen LogP contribution in [0.5, 0.6) is 0 Å². The fraction of sp³-hybridized carbons (Fsp3) is 0.316. The molecule has 0 saturated carbocycles. The second-order valence-electron chi connectivity index (χ2n) is 5.95. The van der Waals surface area contributed by atoms with Gasteiger partial charge in [0.05, 0.1) is 0 Å². The number of hydrogen-bond acceptors (Lipinski definition) is 2. The minimum Gasteiger partial charge on any atom is -0.368 e. The highest BCUT2D eigenvalue weighted by Gasteiger charge is 2.18. The van der Waals surface area contributed by atoms with E-state index in [-0.39, 0.29) is 0 Å². The second kappa shape index (κ2) is 7.47. The summed E-state index contributed by atoms with van der Waals surface area (Å²) in [5.74, 6) is 0. The van der Waals surface area contributed by atoms with E-state index >= 15 is 0 Å². The van der Waals surface area contributed by atoms with Crippen LogP contribution >= 0.6 is 12.2 Å². The van der Waals surface area contributed by atoms with Gasteiger partial charge in [0.25, 0.3) is 0 Å². The molecule has 120 valence electrons. The predicted octanol–water partition coefficient (Wildman–Crippen LogP) is 3.19. The number of thiocarbonyl (C=S) groups is 1. The summed E-state index contributed by atoms with van der Waals surface area (Å²) in [6, 6.07) is 19.2. The summed E-state index contributed by atoms with van der Waals surface area (Å²) in [7, 11) is 0. The van der Waals surface area contributed by atoms with Crippen molar-refractivity contribution in [3.63, 3.8) is 0 Å². The van der Waals surface area contributed by atoms with Crippen molar-refractivity contribution in [3.05, 3.63) is 65.7 Å². The second-order valence-corrected chi connectivity index (χ2v) is 6.34. The lowest BCUT2D eigenvalue weighted by molar-refractivity contribution is 0.380. The van der Waals surface area contributed by atoms with Crippen molar-refractivity contribution in [2.24, 2.45) is 0 Å². The number of rotatable bonds is 3. The molecule has 1 heterocycles. The zero-order valence-corrected chi connectivity index (χ0v) is 14.4. The Morgan fingerprint density at radius 1 is 0.957 bits per heavy atom. The van der Waals surface area contributed by atoms with Crippen molar-refractivity contribution in [2.45, 2.75) is 13.5 Å². The minimum absolute atomic E-state index is 0.790. The minimum atomic E-state index is 0.790. The number of benzene rings is 2. The average molecular weight is 325 g/mol. The third-order valence-corrected chi connectivity index (χ3v) is 4.66. The molecule has 0 radical (unpaired) electrons. The van der Waals surface area contributed by atoms with E-state index in [2.05, 4.69) is 76.6 Å². The summed E-state index contributed by atoms with van der Waals surface area (Å²) in [5, 5.41) is 4.24. The lowest BCUT2D eigenvalue weighted by Gasteiger charge is -2.37. The van der Waals surface area contributed by atoms with Gasteiger partial charge in [-0.2, -0.15) is 0 Å². The third kappa shape index (κ3) is 4.23. The molecule has 1 aliphatic rings. The van der Waals surface area contributed by atoms with Gasteiger partial charge in [0.15, 0.2) is 5.11 Å². The Balaban J connectivity index is 1.47. The van der Waals surface area contributed by atoms with Gasteiger partial charge in [0, 0.05) is 38.4 Å². The van der Waals surface area contributed by atoms with E-state index in [0.29, 0.717) is 0 Å². The normalized spacial score (nSPS) is 14.7. The largest absolute Gasteiger partial charge is 0.368 e. The highest BCUT2D eigenvalue weighted by molar-refractivity contribution is 7.80. The first-order chi connectivity index (χ1) is 11.2. The van der Waals surface area contributed by atoms with Crippen LogP contribution in [0.4, 0.5) is 5.69 Å². The van der Waals surface area contributed by atoms with Crippen molar-refractivity contribution < 1.29 is 0 Å². The summed E-state index contributed by atoms with van der Waals surface area (Å²) in [6.45, 7) is 6.85. The van der Waals surface area contributed by atoms with Crippen LogP contribution in [0.25, 0.3) is 0 Å². The maximum atomic E-state index is 5.55. The SMILES string of the molecule is Cc1ccc(CNC(=S)N2CCN(c3ccccc3)CC2)cc1. The molecular formula is C19H23N3S. The maximum absolute atomic E-state index is 5.55. The first-order valence-electron chi connectivity index (χ1n) is 8.11. The number of aryl methyl sites for hydroxylation is 1. The predicted molar refractivity (Wildman–Crippen MR) is 101 cm³/mol. The standard InChI is InChI=1S/C19H23N3S/c1-16-7-9-17(10-8-16)15-20-19(23)22-13-11-21(12-14-22)18-5-3-2-4-6-18/h2-10H,11-15H2,1H3,(H,20,23). The number of para-hydroxylation sites is 1. The Morgan fingerprint density at radius 3 is 2.26 bits per heavy atom. The van der Waals surface area contributed by atoms with E-state index in [4.69, 9.17) is 12.2 Å². The lowest BCUT2D eigenvalue weighted by atomic mass is 10.1. The zero-order valence-electron chi connectivity index (χ0n) is 13.5. The summed E-state index contributed by atoms with van der Waals surface area (Å²) in [4.78, 5) is 4.68. The highest BCUT2D eigenvalue weighted by Crippen LogP contribution is 2.15. The summed E-state index contributed by atoms with van der Waals surface area (Å²) in [6.07, 6.45) is 0. The topological polar surface area (TPSA) is 18.5 Å². The summed E-state index contributed by atoms with van der Waals surface area (Å²) in [5.41, 5.74) is 3.85. The van der Waals surface area contributed by atoms with Gasteiger partial charge >= 0.3 is 0 Å². The van der Waals surface area contributed by atoms with Gasteiger partial charge in [-0.05, 0) is 36.8 Å². The molecule has 0 aliphatic carbocycles. The molecule has 1 saturated heterocycles. The molecule has 3 rings (SSSR count). The molecule has 0 unspecified atom stereocenters. The van der Waals surface area contributed by atoms with Crippen LogP contribution in [0.1, 0.15) is 11.1 Å². The van der Waals surface area contributed by atoms with Crippen LogP contribution in [-0.4, -0.2) is 36.2 Å². The van der Waals surface area contributed by atoms with Crippen LogP contribution in [0.2, 0.25) is 0 Å². The molecule has 0 aromatic heterocycles. The van der Waals surface area contributed by atoms with Crippen LogP contribution in [0.3, 0.4) is 0 Å². The van der Waals surface area contributed by atoms with E-state index in [1.807, 2.05) is 0 Å². The third-order valence-electron chi connectivity index (χ3n) is 4.25. The van der Waals surface area contributed by atoms with Crippen molar-refractivity contribution >= 4 is 23.0 Å². The number of piperazine rings is 1. The molecular weight excluding hydrogens is 302 g/mol. The molecule has 23 heavy (non-hydrogen) atoms. The Kier molecular flexibility index (Phi) is 5.13. The van der Waals surface area contributed by atoms with Crippen molar-refractivity contribution in [1.82, 2.24) is 10.2 Å².